The molecule has 1 aromatic rings. The summed E-state index contributed by atoms with van der Waals surface area (Å²) in [6, 6.07) is 0.467. The zero-order valence-electron chi connectivity index (χ0n) is 6.71. The van der Waals surface area contributed by atoms with Crippen LogP contribution in [0, 0.1) is 0 Å². The summed E-state index contributed by atoms with van der Waals surface area (Å²) in [6.07, 6.45) is 0. The van der Waals surface area contributed by atoms with Gasteiger partial charge in [0.15, 0.2) is 3.92 Å². The maximum absolute atomic E-state index is 3.98. The topological polar surface area (TPSA) is 29.0 Å². The molecule has 62 valence electrons. The second kappa shape index (κ2) is 3.49. The van der Waals surface area contributed by atoms with Gasteiger partial charge in [-0.2, -0.15) is 0 Å². The van der Waals surface area contributed by atoms with Crippen molar-refractivity contribution in [1.29, 1.82) is 0 Å². The molecule has 0 aromatic carbocycles. The van der Waals surface area contributed by atoms with E-state index in [1.54, 1.807) is 11.3 Å². The SMILES string of the molecule is CC(C)N(C)c1nnc(Br)s1. The Morgan fingerprint density at radius 3 is 2.45 bits per heavy atom. The van der Waals surface area contributed by atoms with Crippen molar-refractivity contribution < 1.29 is 0 Å². The van der Waals surface area contributed by atoms with E-state index in [-0.39, 0.29) is 0 Å². The molecule has 1 rings (SSSR count). The Labute approximate surface area is 78.6 Å². The van der Waals surface area contributed by atoms with E-state index in [0.29, 0.717) is 6.04 Å². The molecule has 0 unspecified atom stereocenters. The van der Waals surface area contributed by atoms with E-state index >= 15 is 0 Å². The van der Waals surface area contributed by atoms with Gasteiger partial charge in [-0.05, 0) is 29.8 Å². The molecule has 0 N–H and O–H groups in total. The number of rotatable bonds is 2. The van der Waals surface area contributed by atoms with Gasteiger partial charge in [-0.3, -0.25) is 0 Å². The van der Waals surface area contributed by atoms with Crippen molar-refractivity contribution in [3.05, 3.63) is 3.92 Å². The highest BCUT2D eigenvalue weighted by atomic mass is 79.9. The molecule has 0 amide bonds. The summed E-state index contributed by atoms with van der Waals surface area (Å²) >= 11 is 4.81. The highest BCUT2D eigenvalue weighted by Gasteiger charge is 2.09. The van der Waals surface area contributed by atoms with Gasteiger partial charge in [0.25, 0.3) is 0 Å². The quantitative estimate of drug-likeness (QED) is 0.787. The van der Waals surface area contributed by atoms with Crippen molar-refractivity contribution in [3.63, 3.8) is 0 Å². The highest BCUT2D eigenvalue weighted by molar-refractivity contribution is 9.11. The predicted octanol–water partition coefficient (Wildman–Crippen LogP) is 2.15. The zero-order valence-corrected chi connectivity index (χ0v) is 9.11. The van der Waals surface area contributed by atoms with Crippen LogP contribution in [0.5, 0.6) is 0 Å². The molecular weight excluding hydrogens is 226 g/mol. The summed E-state index contributed by atoms with van der Waals surface area (Å²) < 4.78 is 0.833. The Morgan fingerprint density at radius 2 is 2.09 bits per heavy atom. The van der Waals surface area contributed by atoms with Crippen molar-refractivity contribution in [1.82, 2.24) is 10.2 Å². The van der Waals surface area contributed by atoms with E-state index < -0.39 is 0 Å². The van der Waals surface area contributed by atoms with Gasteiger partial charge in [0.2, 0.25) is 5.13 Å². The van der Waals surface area contributed by atoms with Crippen LogP contribution >= 0.6 is 27.3 Å². The Bertz CT molecular complexity index is 235. The van der Waals surface area contributed by atoms with Crippen molar-refractivity contribution >= 4 is 32.4 Å². The Kier molecular flexibility index (Phi) is 2.84. The van der Waals surface area contributed by atoms with Gasteiger partial charge in [0, 0.05) is 13.1 Å². The number of hydrogen-bond acceptors (Lipinski definition) is 4. The number of aromatic nitrogens is 2. The van der Waals surface area contributed by atoms with Crippen molar-refractivity contribution in [2.45, 2.75) is 19.9 Å². The molecule has 0 aliphatic carbocycles. The van der Waals surface area contributed by atoms with E-state index in [2.05, 4.69) is 44.9 Å². The highest BCUT2D eigenvalue weighted by Crippen LogP contribution is 2.23. The first-order chi connectivity index (χ1) is 5.11. The molecule has 0 fully saturated rings. The van der Waals surface area contributed by atoms with Crippen LogP contribution in [0.4, 0.5) is 5.13 Å². The lowest BCUT2D eigenvalue weighted by Crippen LogP contribution is -2.25. The fourth-order valence-corrected chi connectivity index (χ4v) is 1.74. The third kappa shape index (κ3) is 2.13. The van der Waals surface area contributed by atoms with E-state index in [1.807, 2.05) is 7.05 Å². The number of hydrogen-bond donors (Lipinski definition) is 0. The third-order valence-electron chi connectivity index (χ3n) is 1.47. The normalized spacial score (nSPS) is 10.6. The van der Waals surface area contributed by atoms with E-state index in [4.69, 9.17) is 0 Å². The third-order valence-corrected chi connectivity index (χ3v) is 2.91. The molecular formula is C6H10BrN3S. The number of anilines is 1. The predicted molar refractivity (Wildman–Crippen MR) is 51.1 cm³/mol. The van der Waals surface area contributed by atoms with E-state index in [0.717, 1.165) is 9.05 Å². The maximum Gasteiger partial charge on any atom is 0.209 e. The summed E-state index contributed by atoms with van der Waals surface area (Å²) in [6.45, 7) is 4.24. The molecule has 1 aromatic heterocycles. The van der Waals surface area contributed by atoms with Crippen LogP contribution in [-0.2, 0) is 0 Å². The lowest BCUT2D eigenvalue weighted by molar-refractivity contribution is 0.745. The van der Waals surface area contributed by atoms with Gasteiger partial charge >= 0.3 is 0 Å². The van der Waals surface area contributed by atoms with Gasteiger partial charge in [0.05, 0.1) is 0 Å². The molecule has 0 saturated heterocycles. The summed E-state index contributed by atoms with van der Waals surface area (Å²) in [4.78, 5) is 2.09. The fraction of sp³-hybridized carbons (Fsp3) is 0.667. The molecule has 1 heterocycles. The van der Waals surface area contributed by atoms with Crippen LogP contribution in [0.15, 0.2) is 3.92 Å². The Morgan fingerprint density at radius 1 is 1.45 bits per heavy atom. The second-order valence-electron chi connectivity index (χ2n) is 2.54. The van der Waals surface area contributed by atoms with Gasteiger partial charge in [-0.25, -0.2) is 0 Å². The van der Waals surface area contributed by atoms with Crippen LogP contribution in [-0.4, -0.2) is 23.3 Å². The molecule has 3 nitrogen and oxygen atoms in total. The minimum atomic E-state index is 0.467. The van der Waals surface area contributed by atoms with Gasteiger partial charge < -0.3 is 4.90 Å². The summed E-state index contributed by atoms with van der Waals surface area (Å²) in [7, 11) is 2.01. The average Bonchev–Trinajstić information content (AvgIpc) is 2.34. The zero-order chi connectivity index (χ0) is 8.43. The smallest absolute Gasteiger partial charge is 0.209 e. The van der Waals surface area contributed by atoms with E-state index in [9.17, 15) is 0 Å². The average molecular weight is 236 g/mol. The van der Waals surface area contributed by atoms with Crippen LogP contribution in [0.2, 0.25) is 0 Å². The molecule has 0 bridgehead atoms. The lowest BCUT2D eigenvalue weighted by atomic mass is 10.4. The fourth-order valence-electron chi connectivity index (χ4n) is 0.562. The second-order valence-corrected chi connectivity index (χ2v) is 4.77. The van der Waals surface area contributed by atoms with Crippen LogP contribution in [0.1, 0.15) is 13.8 Å². The first kappa shape index (κ1) is 8.93. The maximum atomic E-state index is 3.98. The Hall–Kier alpha value is -0.160. The summed E-state index contributed by atoms with van der Waals surface area (Å²) in [5.74, 6) is 0. The standard InChI is InChI=1S/C6H10BrN3S/c1-4(2)10(3)6-9-8-5(7)11-6/h4H,1-3H3. The van der Waals surface area contributed by atoms with Crippen molar-refractivity contribution in [2.24, 2.45) is 0 Å². The summed E-state index contributed by atoms with van der Waals surface area (Å²) in [5.41, 5.74) is 0. The minimum Gasteiger partial charge on any atom is -0.347 e. The molecule has 0 radical (unpaired) electrons. The van der Waals surface area contributed by atoms with Gasteiger partial charge in [-0.15, -0.1) is 10.2 Å². The largest absolute Gasteiger partial charge is 0.347 e. The van der Waals surface area contributed by atoms with Crippen molar-refractivity contribution in [3.8, 4) is 0 Å². The summed E-state index contributed by atoms with van der Waals surface area (Å²) in [5, 5.41) is 8.80. The molecule has 0 aliphatic rings. The molecule has 11 heavy (non-hydrogen) atoms. The Balaban J connectivity index is 2.76. The number of nitrogens with zero attached hydrogens (tertiary/aromatic N) is 3. The van der Waals surface area contributed by atoms with Crippen molar-refractivity contribution in [2.75, 3.05) is 11.9 Å². The van der Waals surface area contributed by atoms with Crippen LogP contribution < -0.4 is 4.90 Å². The molecule has 0 atom stereocenters. The molecule has 0 aliphatic heterocycles. The molecule has 0 spiro atoms. The van der Waals surface area contributed by atoms with Crippen LogP contribution in [0.3, 0.4) is 0 Å². The molecule has 0 saturated carbocycles. The van der Waals surface area contributed by atoms with Gasteiger partial charge in [-0.1, -0.05) is 11.3 Å². The minimum absolute atomic E-state index is 0.467. The molecule has 5 heteroatoms. The number of halogens is 1. The monoisotopic (exact) mass is 235 g/mol. The lowest BCUT2D eigenvalue weighted by Gasteiger charge is -2.18. The van der Waals surface area contributed by atoms with Gasteiger partial charge in [0.1, 0.15) is 0 Å². The van der Waals surface area contributed by atoms with Crippen LogP contribution in [0.25, 0.3) is 0 Å². The van der Waals surface area contributed by atoms with E-state index in [1.165, 1.54) is 0 Å². The first-order valence-electron chi connectivity index (χ1n) is 3.33. The first-order valence-corrected chi connectivity index (χ1v) is 4.94.